The lowest BCUT2D eigenvalue weighted by Crippen LogP contribution is -2.42. The number of benzene rings is 1. The first-order chi connectivity index (χ1) is 14.6. The van der Waals surface area contributed by atoms with E-state index in [0.29, 0.717) is 11.4 Å². The molecule has 1 aliphatic heterocycles. The topological polar surface area (TPSA) is 35.7 Å². The van der Waals surface area contributed by atoms with Gasteiger partial charge in [0.25, 0.3) is 0 Å². The number of hydrogen-bond acceptors (Lipinski definition) is 3. The van der Waals surface area contributed by atoms with Crippen LogP contribution in [0.4, 0.5) is 5.69 Å². The minimum absolute atomic E-state index is 0.00273. The first-order valence-corrected chi connectivity index (χ1v) is 11.5. The summed E-state index contributed by atoms with van der Waals surface area (Å²) >= 11 is 0. The molecule has 1 saturated heterocycles. The molecule has 0 saturated carbocycles. The maximum absolute atomic E-state index is 7.82. The van der Waals surface area contributed by atoms with Crippen molar-refractivity contribution >= 4 is 18.3 Å². The summed E-state index contributed by atoms with van der Waals surface area (Å²) in [6.45, 7) is 30.0. The van der Waals surface area contributed by atoms with Crippen molar-refractivity contribution in [3.05, 3.63) is 53.0 Å². The van der Waals surface area contributed by atoms with Crippen LogP contribution in [0.15, 0.2) is 30.5 Å². The van der Waals surface area contributed by atoms with Crippen molar-refractivity contribution in [2.75, 3.05) is 0 Å². The molecule has 0 radical (unpaired) electrons. The molecule has 2 heterocycles. The minimum Gasteiger partial charge on any atom is -0.399 e. The lowest BCUT2D eigenvalue weighted by Gasteiger charge is -2.44. The Labute approximate surface area is 193 Å². The molecule has 0 bridgehead atoms. The van der Waals surface area contributed by atoms with Gasteiger partial charge in [-0.15, -0.1) is 0 Å². The van der Waals surface area contributed by atoms with E-state index in [0.717, 1.165) is 11.0 Å². The van der Waals surface area contributed by atoms with E-state index in [1.165, 1.54) is 11.1 Å². The van der Waals surface area contributed by atoms with E-state index >= 15 is 0 Å². The fourth-order valence-corrected chi connectivity index (χ4v) is 5.09. The zero-order valence-corrected chi connectivity index (χ0v) is 21.2. The first-order valence-electron chi connectivity index (χ1n) is 11.5. The second kappa shape index (κ2) is 6.68. The number of aromatic nitrogens is 1. The summed E-state index contributed by atoms with van der Waals surface area (Å²) in [5, 5.41) is 0. The highest BCUT2D eigenvalue weighted by Gasteiger charge is 2.56. The van der Waals surface area contributed by atoms with E-state index in [1.807, 2.05) is 33.8 Å². The molecule has 1 aromatic carbocycles. The van der Waals surface area contributed by atoms with Crippen LogP contribution in [-0.4, -0.2) is 23.3 Å². The predicted molar refractivity (Wildman–Crippen MR) is 131 cm³/mol. The molecule has 1 fully saturated rings. The molecule has 0 N–H and O–H groups in total. The monoisotopic (exact) mass is 430 g/mol. The molecule has 5 heteroatoms. The third kappa shape index (κ3) is 2.92. The van der Waals surface area contributed by atoms with Gasteiger partial charge in [0.1, 0.15) is 0 Å². The summed E-state index contributed by atoms with van der Waals surface area (Å²) in [4.78, 5) is 8.55. The standard InChI is InChI=1S/C27H35BN2O2/c1-23(2)19-13-12-17(14-20(19)24(3,4)25(23,5)6)22-21(29-11)15-18(16-30-22)28-31-26(7,8)27(9,10)32-28/h12-16H,1-10H3. The molecule has 32 heavy (non-hydrogen) atoms. The van der Waals surface area contributed by atoms with Gasteiger partial charge in [0.05, 0.1) is 23.5 Å². The van der Waals surface area contributed by atoms with Gasteiger partial charge in [-0.25, -0.2) is 4.85 Å². The summed E-state index contributed by atoms with van der Waals surface area (Å²) < 4.78 is 12.3. The number of rotatable bonds is 2. The van der Waals surface area contributed by atoms with Gasteiger partial charge in [-0.2, -0.15) is 0 Å². The van der Waals surface area contributed by atoms with Crippen LogP contribution in [-0.2, 0) is 20.1 Å². The van der Waals surface area contributed by atoms with Crippen LogP contribution < -0.4 is 5.46 Å². The summed E-state index contributed by atoms with van der Waals surface area (Å²) in [5.41, 5.74) is 5.01. The van der Waals surface area contributed by atoms with Gasteiger partial charge in [-0.3, -0.25) is 4.98 Å². The Balaban J connectivity index is 1.77. The second-order valence-electron chi connectivity index (χ2n) is 12.0. The maximum atomic E-state index is 7.82. The van der Waals surface area contributed by atoms with E-state index in [4.69, 9.17) is 20.9 Å². The number of pyridine rings is 1. The summed E-state index contributed by atoms with van der Waals surface area (Å²) in [7, 11) is -0.525. The smallest absolute Gasteiger partial charge is 0.399 e. The number of hydrogen-bond donors (Lipinski definition) is 0. The summed E-state index contributed by atoms with van der Waals surface area (Å²) in [6, 6.07) is 8.46. The fourth-order valence-electron chi connectivity index (χ4n) is 5.09. The Bertz CT molecular complexity index is 1120. The molecule has 4 nitrogen and oxygen atoms in total. The number of nitrogens with zero attached hydrogens (tertiary/aromatic N) is 2. The summed E-state index contributed by atoms with van der Waals surface area (Å²) in [5.74, 6) is 0. The normalized spacial score (nSPS) is 23.6. The van der Waals surface area contributed by atoms with Crippen molar-refractivity contribution in [2.24, 2.45) is 5.41 Å². The van der Waals surface area contributed by atoms with Crippen LogP contribution in [0.25, 0.3) is 16.1 Å². The molecule has 0 atom stereocenters. The van der Waals surface area contributed by atoms with E-state index in [9.17, 15) is 0 Å². The van der Waals surface area contributed by atoms with Crippen molar-refractivity contribution in [1.29, 1.82) is 0 Å². The molecular weight excluding hydrogens is 395 g/mol. The van der Waals surface area contributed by atoms with Gasteiger partial charge in [0.15, 0.2) is 0 Å². The van der Waals surface area contributed by atoms with Crippen molar-refractivity contribution in [1.82, 2.24) is 4.98 Å². The Morgan fingerprint density at radius 3 is 1.94 bits per heavy atom. The van der Waals surface area contributed by atoms with Gasteiger partial charge in [-0.1, -0.05) is 65.8 Å². The Morgan fingerprint density at radius 1 is 0.812 bits per heavy atom. The molecular formula is C27H35BN2O2. The zero-order chi connectivity index (χ0) is 23.9. The fraction of sp³-hybridized carbons (Fsp3) is 0.556. The van der Waals surface area contributed by atoms with E-state index in [-0.39, 0.29) is 16.2 Å². The highest BCUT2D eigenvalue weighted by Crippen LogP contribution is 2.61. The van der Waals surface area contributed by atoms with Crippen LogP contribution in [0.5, 0.6) is 0 Å². The van der Waals surface area contributed by atoms with Gasteiger partial charge in [-0.05, 0) is 66.1 Å². The zero-order valence-electron chi connectivity index (χ0n) is 21.2. The van der Waals surface area contributed by atoms with Crippen LogP contribution in [0.2, 0.25) is 0 Å². The molecule has 0 unspecified atom stereocenters. The van der Waals surface area contributed by atoms with Gasteiger partial charge in [0, 0.05) is 6.20 Å². The van der Waals surface area contributed by atoms with Crippen LogP contribution >= 0.6 is 0 Å². The largest absolute Gasteiger partial charge is 0.495 e. The molecule has 168 valence electrons. The van der Waals surface area contributed by atoms with Crippen molar-refractivity contribution in [3.8, 4) is 11.3 Å². The summed E-state index contributed by atoms with van der Waals surface area (Å²) in [6.07, 6.45) is 1.79. The average molecular weight is 430 g/mol. The van der Waals surface area contributed by atoms with Gasteiger partial charge in [0.2, 0.25) is 5.69 Å². The molecule has 4 rings (SSSR count). The van der Waals surface area contributed by atoms with Gasteiger partial charge >= 0.3 is 7.12 Å². The first kappa shape index (κ1) is 23.0. The lowest BCUT2D eigenvalue weighted by atomic mass is 9.59. The highest BCUT2D eigenvalue weighted by atomic mass is 16.7. The molecule has 0 amide bonds. The van der Waals surface area contributed by atoms with Crippen LogP contribution in [0.3, 0.4) is 0 Å². The Hall–Kier alpha value is -2.16. The molecule has 0 spiro atoms. The maximum Gasteiger partial charge on any atom is 0.495 e. The second-order valence-corrected chi connectivity index (χ2v) is 12.0. The van der Waals surface area contributed by atoms with Crippen molar-refractivity contribution in [2.45, 2.75) is 91.3 Å². The van der Waals surface area contributed by atoms with Gasteiger partial charge < -0.3 is 9.31 Å². The SMILES string of the molecule is [C-]#[N+]c1cc(B2OC(C)(C)C(C)(C)O2)cnc1-c1ccc2c(c1)C(C)(C)C(C)(C)C2(C)C. The lowest BCUT2D eigenvalue weighted by molar-refractivity contribution is 0.00578. The number of fused-ring (bicyclic) bond motifs is 1. The predicted octanol–water partition coefficient (Wildman–Crippen LogP) is 6.19. The van der Waals surface area contributed by atoms with Crippen LogP contribution in [0.1, 0.15) is 80.4 Å². The average Bonchev–Trinajstić information content (AvgIpc) is 2.98. The van der Waals surface area contributed by atoms with E-state index < -0.39 is 18.3 Å². The van der Waals surface area contributed by atoms with E-state index in [1.54, 1.807) is 6.20 Å². The quantitative estimate of drug-likeness (QED) is 0.421. The Kier molecular flexibility index (Phi) is 4.81. The highest BCUT2D eigenvalue weighted by molar-refractivity contribution is 6.62. The molecule has 1 aliphatic carbocycles. The minimum atomic E-state index is -0.525. The third-order valence-electron chi connectivity index (χ3n) is 9.30. The van der Waals surface area contributed by atoms with Crippen LogP contribution in [0, 0.1) is 12.0 Å². The van der Waals surface area contributed by atoms with Crippen molar-refractivity contribution in [3.63, 3.8) is 0 Å². The Morgan fingerprint density at radius 2 is 1.38 bits per heavy atom. The molecule has 1 aromatic heterocycles. The van der Waals surface area contributed by atoms with E-state index in [2.05, 4.69) is 64.6 Å². The van der Waals surface area contributed by atoms with Crippen molar-refractivity contribution < 1.29 is 9.31 Å². The molecule has 2 aromatic rings. The molecule has 2 aliphatic rings. The third-order valence-corrected chi connectivity index (χ3v) is 9.30.